The second-order valence-electron chi connectivity index (χ2n) is 3.86. The van der Waals surface area contributed by atoms with Crippen molar-refractivity contribution in [3.8, 4) is 0 Å². The van der Waals surface area contributed by atoms with Crippen molar-refractivity contribution in [3.05, 3.63) is 35.6 Å². The Labute approximate surface area is 105 Å². The fourth-order valence-corrected chi connectivity index (χ4v) is 1.38. The lowest BCUT2D eigenvalue weighted by Crippen LogP contribution is -2.40. The molecule has 0 heterocycles. The normalized spacial score (nSPS) is 9.94. The van der Waals surface area contributed by atoms with Crippen LogP contribution in [0.2, 0.25) is 0 Å². The van der Waals surface area contributed by atoms with Crippen LogP contribution in [0.4, 0.5) is 4.39 Å². The summed E-state index contributed by atoms with van der Waals surface area (Å²) in [6.07, 6.45) is 0. The molecule has 0 aliphatic rings. The molecule has 2 amide bonds. The number of hydrogen-bond donors (Lipinski definition) is 2. The minimum Gasteiger partial charge on any atom is -0.346 e. The second kappa shape index (κ2) is 6.70. The highest BCUT2D eigenvalue weighted by Gasteiger charge is 2.10. The molecule has 98 valence electrons. The van der Waals surface area contributed by atoms with E-state index in [4.69, 9.17) is 5.73 Å². The van der Waals surface area contributed by atoms with Gasteiger partial charge in [0, 0.05) is 13.6 Å². The Morgan fingerprint density at radius 1 is 1.44 bits per heavy atom. The first-order valence-corrected chi connectivity index (χ1v) is 5.48. The summed E-state index contributed by atoms with van der Waals surface area (Å²) in [5.41, 5.74) is 5.79. The van der Waals surface area contributed by atoms with Crippen LogP contribution in [0.5, 0.6) is 0 Å². The monoisotopic (exact) mass is 253 g/mol. The van der Waals surface area contributed by atoms with Crippen molar-refractivity contribution in [1.82, 2.24) is 10.2 Å². The van der Waals surface area contributed by atoms with E-state index >= 15 is 0 Å². The van der Waals surface area contributed by atoms with Gasteiger partial charge in [-0.15, -0.1) is 0 Å². The second-order valence-corrected chi connectivity index (χ2v) is 3.86. The summed E-state index contributed by atoms with van der Waals surface area (Å²) in [5, 5.41) is 2.38. The van der Waals surface area contributed by atoms with Crippen molar-refractivity contribution in [2.24, 2.45) is 5.73 Å². The number of hydrogen-bond acceptors (Lipinski definition) is 3. The highest BCUT2D eigenvalue weighted by Crippen LogP contribution is 2.06. The van der Waals surface area contributed by atoms with Crippen LogP contribution >= 0.6 is 0 Å². The third kappa shape index (κ3) is 4.50. The van der Waals surface area contributed by atoms with Gasteiger partial charge in [-0.3, -0.25) is 9.59 Å². The standard InChI is InChI=1S/C12H16FN3O2/c1-16(12(18)7-15-11(17)6-14)8-9-3-2-4-10(13)5-9/h2-5H,6-8,14H2,1H3,(H,15,17). The molecule has 0 fully saturated rings. The number of likely N-dealkylation sites (N-methyl/N-ethyl adjacent to an activating group) is 1. The zero-order valence-electron chi connectivity index (χ0n) is 10.1. The Morgan fingerprint density at radius 2 is 2.17 bits per heavy atom. The van der Waals surface area contributed by atoms with Crippen molar-refractivity contribution in [2.45, 2.75) is 6.54 Å². The van der Waals surface area contributed by atoms with Gasteiger partial charge in [-0.25, -0.2) is 4.39 Å². The summed E-state index contributed by atoms with van der Waals surface area (Å²) in [6.45, 7) is 0.0256. The Hall–Kier alpha value is -1.95. The van der Waals surface area contributed by atoms with Gasteiger partial charge in [0.2, 0.25) is 11.8 Å². The minimum atomic E-state index is -0.387. The van der Waals surface area contributed by atoms with Gasteiger partial charge in [0.05, 0.1) is 13.1 Å². The van der Waals surface area contributed by atoms with Crippen molar-refractivity contribution < 1.29 is 14.0 Å². The van der Waals surface area contributed by atoms with E-state index in [1.807, 2.05) is 0 Å². The first-order valence-electron chi connectivity index (χ1n) is 5.48. The van der Waals surface area contributed by atoms with Crippen LogP contribution in [0.3, 0.4) is 0 Å². The molecule has 0 saturated heterocycles. The largest absolute Gasteiger partial charge is 0.346 e. The molecule has 0 bridgehead atoms. The SMILES string of the molecule is CN(Cc1cccc(F)c1)C(=O)CNC(=O)CN. The molecule has 0 radical (unpaired) electrons. The molecule has 0 atom stereocenters. The van der Waals surface area contributed by atoms with Gasteiger partial charge >= 0.3 is 0 Å². The zero-order chi connectivity index (χ0) is 13.5. The molecule has 1 aromatic carbocycles. The third-order valence-corrected chi connectivity index (χ3v) is 2.36. The number of nitrogens with one attached hydrogen (secondary N) is 1. The zero-order valence-corrected chi connectivity index (χ0v) is 10.1. The lowest BCUT2D eigenvalue weighted by atomic mass is 10.2. The van der Waals surface area contributed by atoms with Crippen molar-refractivity contribution in [1.29, 1.82) is 0 Å². The topological polar surface area (TPSA) is 75.4 Å². The maximum atomic E-state index is 12.9. The lowest BCUT2D eigenvalue weighted by Gasteiger charge is -2.17. The van der Waals surface area contributed by atoms with Gasteiger partial charge in [0.25, 0.3) is 0 Å². The molecule has 6 heteroatoms. The predicted octanol–water partition coefficient (Wildman–Crippen LogP) is -0.141. The summed E-state index contributed by atoms with van der Waals surface area (Å²) in [6, 6.07) is 6.01. The molecule has 0 aromatic heterocycles. The van der Waals surface area contributed by atoms with Crippen LogP contribution in [0.25, 0.3) is 0 Å². The average molecular weight is 253 g/mol. The quantitative estimate of drug-likeness (QED) is 0.767. The molecule has 18 heavy (non-hydrogen) atoms. The molecular formula is C12H16FN3O2. The van der Waals surface area contributed by atoms with Crippen LogP contribution in [0.15, 0.2) is 24.3 Å². The molecule has 5 nitrogen and oxygen atoms in total. The number of halogens is 1. The van der Waals surface area contributed by atoms with Crippen LogP contribution in [0.1, 0.15) is 5.56 Å². The Morgan fingerprint density at radius 3 is 2.78 bits per heavy atom. The number of carbonyl (C=O) groups is 2. The molecular weight excluding hydrogens is 237 g/mol. The number of amides is 2. The minimum absolute atomic E-state index is 0.109. The van der Waals surface area contributed by atoms with Gasteiger partial charge < -0.3 is 16.0 Å². The van der Waals surface area contributed by atoms with E-state index in [9.17, 15) is 14.0 Å². The fourth-order valence-electron chi connectivity index (χ4n) is 1.38. The van der Waals surface area contributed by atoms with E-state index in [1.54, 1.807) is 19.2 Å². The first-order chi connectivity index (χ1) is 8.52. The Balaban J connectivity index is 2.47. The van der Waals surface area contributed by atoms with Crippen molar-refractivity contribution >= 4 is 11.8 Å². The summed E-state index contributed by atoms with van der Waals surface area (Å²) in [4.78, 5) is 23.9. The number of carbonyl (C=O) groups excluding carboxylic acids is 2. The first kappa shape index (κ1) is 14.1. The van der Waals surface area contributed by atoms with E-state index in [0.717, 1.165) is 0 Å². The van der Waals surface area contributed by atoms with E-state index in [0.29, 0.717) is 5.56 Å². The number of nitrogens with zero attached hydrogens (tertiary/aromatic N) is 1. The Kier molecular flexibility index (Phi) is 5.26. The average Bonchev–Trinajstić information content (AvgIpc) is 2.35. The van der Waals surface area contributed by atoms with Crippen LogP contribution < -0.4 is 11.1 Å². The number of benzene rings is 1. The van der Waals surface area contributed by atoms with Gasteiger partial charge in [0.15, 0.2) is 0 Å². The van der Waals surface area contributed by atoms with Crippen LogP contribution in [0, 0.1) is 5.82 Å². The summed E-state index contributed by atoms with van der Waals surface area (Å²) < 4.78 is 12.9. The highest BCUT2D eigenvalue weighted by atomic mass is 19.1. The van der Waals surface area contributed by atoms with Crippen LogP contribution in [-0.4, -0.2) is 36.9 Å². The van der Waals surface area contributed by atoms with Gasteiger partial charge in [-0.1, -0.05) is 12.1 Å². The molecule has 3 N–H and O–H groups in total. The predicted molar refractivity (Wildman–Crippen MR) is 64.9 cm³/mol. The molecule has 0 saturated carbocycles. The third-order valence-electron chi connectivity index (χ3n) is 2.36. The van der Waals surface area contributed by atoms with Crippen molar-refractivity contribution in [2.75, 3.05) is 20.1 Å². The smallest absolute Gasteiger partial charge is 0.242 e. The van der Waals surface area contributed by atoms with E-state index < -0.39 is 0 Å². The number of nitrogens with two attached hydrogens (primary N) is 1. The summed E-state index contributed by atoms with van der Waals surface area (Å²) in [7, 11) is 1.59. The van der Waals surface area contributed by atoms with E-state index in [1.165, 1.54) is 17.0 Å². The van der Waals surface area contributed by atoms with Crippen LogP contribution in [-0.2, 0) is 16.1 Å². The fraction of sp³-hybridized carbons (Fsp3) is 0.333. The molecule has 0 unspecified atom stereocenters. The van der Waals surface area contributed by atoms with E-state index in [-0.39, 0.29) is 37.3 Å². The molecule has 0 spiro atoms. The molecule has 0 aliphatic heterocycles. The lowest BCUT2D eigenvalue weighted by molar-refractivity contribution is -0.131. The van der Waals surface area contributed by atoms with E-state index in [2.05, 4.69) is 5.32 Å². The molecule has 1 aromatic rings. The summed E-state index contributed by atoms with van der Waals surface area (Å²) >= 11 is 0. The number of rotatable bonds is 5. The van der Waals surface area contributed by atoms with Gasteiger partial charge in [-0.05, 0) is 17.7 Å². The molecule has 0 aliphatic carbocycles. The van der Waals surface area contributed by atoms with Gasteiger partial charge in [0.1, 0.15) is 5.82 Å². The Bertz CT molecular complexity index is 437. The van der Waals surface area contributed by atoms with Crippen molar-refractivity contribution in [3.63, 3.8) is 0 Å². The highest BCUT2D eigenvalue weighted by molar-refractivity contribution is 5.85. The maximum Gasteiger partial charge on any atom is 0.242 e. The summed E-state index contributed by atoms with van der Waals surface area (Å²) in [5.74, 6) is -0.992. The van der Waals surface area contributed by atoms with Gasteiger partial charge in [-0.2, -0.15) is 0 Å². The molecule has 1 rings (SSSR count). The maximum absolute atomic E-state index is 12.9.